The van der Waals surface area contributed by atoms with Crippen molar-refractivity contribution in [3.05, 3.63) is 90.0 Å². The molecule has 0 aliphatic carbocycles. The Morgan fingerprint density at radius 1 is 1.04 bits per heavy atom. The summed E-state index contributed by atoms with van der Waals surface area (Å²) >= 11 is 0. The highest BCUT2D eigenvalue weighted by atomic mass is 19.1. The summed E-state index contributed by atoms with van der Waals surface area (Å²) in [7, 11) is 0. The molecule has 1 amide bonds. The van der Waals surface area contributed by atoms with Crippen LogP contribution in [0.1, 0.15) is 15.9 Å². The highest BCUT2D eigenvalue weighted by Crippen LogP contribution is 2.22. The molecule has 0 aliphatic heterocycles. The van der Waals surface area contributed by atoms with Crippen molar-refractivity contribution in [2.45, 2.75) is 6.54 Å². The van der Waals surface area contributed by atoms with E-state index in [4.69, 9.17) is 4.74 Å². The van der Waals surface area contributed by atoms with E-state index in [2.05, 4.69) is 10.3 Å². The molecule has 1 aromatic heterocycles. The van der Waals surface area contributed by atoms with Gasteiger partial charge in [0.05, 0.1) is 5.56 Å². The van der Waals surface area contributed by atoms with Gasteiger partial charge in [0.2, 0.25) is 0 Å². The van der Waals surface area contributed by atoms with Gasteiger partial charge in [-0.1, -0.05) is 12.1 Å². The number of halogens is 1. The van der Waals surface area contributed by atoms with Crippen molar-refractivity contribution in [1.82, 2.24) is 10.3 Å². The average molecular weight is 322 g/mol. The van der Waals surface area contributed by atoms with Gasteiger partial charge in [0, 0.05) is 18.9 Å². The highest BCUT2D eigenvalue weighted by molar-refractivity contribution is 5.93. The molecule has 0 spiro atoms. The van der Waals surface area contributed by atoms with E-state index in [-0.39, 0.29) is 11.7 Å². The maximum absolute atomic E-state index is 12.9. The largest absolute Gasteiger partial charge is 0.457 e. The van der Waals surface area contributed by atoms with Gasteiger partial charge >= 0.3 is 0 Å². The molecular weight excluding hydrogens is 307 g/mol. The number of hydrogen-bond acceptors (Lipinski definition) is 3. The van der Waals surface area contributed by atoms with E-state index in [1.807, 2.05) is 18.2 Å². The molecule has 0 fully saturated rings. The Kier molecular flexibility index (Phi) is 4.81. The second kappa shape index (κ2) is 7.37. The molecule has 5 heteroatoms. The Morgan fingerprint density at radius 2 is 1.88 bits per heavy atom. The van der Waals surface area contributed by atoms with Gasteiger partial charge in [0.15, 0.2) is 0 Å². The number of benzene rings is 2. The zero-order chi connectivity index (χ0) is 16.8. The summed E-state index contributed by atoms with van der Waals surface area (Å²) in [6.45, 7) is 0.369. The predicted molar refractivity (Wildman–Crippen MR) is 88.3 cm³/mol. The van der Waals surface area contributed by atoms with Crippen molar-refractivity contribution in [1.29, 1.82) is 0 Å². The lowest BCUT2D eigenvalue weighted by Crippen LogP contribution is -2.22. The highest BCUT2D eigenvalue weighted by Gasteiger charge is 2.05. The third-order valence-corrected chi connectivity index (χ3v) is 3.32. The number of rotatable bonds is 5. The van der Waals surface area contributed by atoms with Crippen molar-refractivity contribution in [3.8, 4) is 11.5 Å². The lowest BCUT2D eigenvalue weighted by atomic mass is 10.2. The summed E-state index contributed by atoms with van der Waals surface area (Å²) in [6, 6.07) is 16.6. The number of amides is 1. The van der Waals surface area contributed by atoms with Crippen LogP contribution in [0.4, 0.5) is 4.39 Å². The van der Waals surface area contributed by atoms with Crippen molar-refractivity contribution in [3.63, 3.8) is 0 Å². The molecule has 4 nitrogen and oxygen atoms in total. The van der Waals surface area contributed by atoms with Crippen LogP contribution in [0.15, 0.2) is 73.1 Å². The minimum atomic E-state index is -0.311. The number of hydrogen-bond donors (Lipinski definition) is 1. The second-order valence-corrected chi connectivity index (χ2v) is 5.13. The molecular formula is C19H15FN2O2. The fourth-order valence-corrected chi connectivity index (χ4v) is 2.14. The number of ether oxygens (including phenoxy) is 1. The van der Waals surface area contributed by atoms with Gasteiger partial charge in [0.1, 0.15) is 17.3 Å². The minimum Gasteiger partial charge on any atom is -0.457 e. The minimum absolute atomic E-state index is 0.187. The number of nitrogens with zero attached hydrogens (tertiary/aromatic N) is 1. The number of aromatic nitrogens is 1. The van der Waals surface area contributed by atoms with Crippen LogP contribution < -0.4 is 10.1 Å². The van der Waals surface area contributed by atoms with E-state index in [1.54, 1.807) is 36.5 Å². The lowest BCUT2D eigenvalue weighted by Gasteiger charge is -2.09. The normalized spacial score (nSPS) is 10.2. The Morgan fingerprint density at radius 3 is 2.62 bits per heavy atom. The van der Waals surface area contributed by atoms with E-state index in [1.165, 1.54) is 18.3 Å². The van der Waals surface area contributed by atoms with Crippen LogP contribution >= 0.6 is 0 Å². The summed E-state index contributed by atoms with van der Waals surface area (Å²) in [5.74, 6) is 0.671. The smallest absolute Gasteiger partial charge is 0.253 e. The topological polar surface area (TPSA) is 51.2 Å². The molecule has 3 aromatic rings. The fraction of sp³-hybridized carbons (Fsp3) is 0.0526. The van der Waals surface area contributed by atoms with E-state index in [0.29, 0.717) is 23.6 Å². The molecule has 0 aliphatic rings. The summed E-state index contributed by atoms with van der Waals surface area (Å²) < 4.78 is 18.6. The molecule has 0 saturated carbocycles. The first-order valence-electron chi connectivity index (χ1n) is 7.41. The lowest BCUT2D eigenvalue weighted by molar-refractivity contribution is 0.0950. The van der Waals surface area contributed by atoms with Gasteiger partial charge in [-0.15, -0.1) is 0 Å². The van der Waals surface area contributed by atoms with Gasteiger partial charge in [0.25, 0.3) is 5.91 Å². The summed E-state index contributed by atoms with van der Waals surface area (Å²) in [5, 5.41) is 2.83. The number of carbonyl (C=O) groups is 1. The Hall–Kier alpha value is -3.21. The summed E-state index contributed by atoms with van der Waals surface area (Å²) in [5.41, 5.74) is 1.41. The third-order valence-electron chi connectivity index (χ3n) is 3.32. The first-order valence-corrected chi connectivity index (χ1v) is 7.41. The van der Waals surface area contributed by atoms with Gasteiger partial charge in [-0.25, -0.2) is 4.39 Å². The van der Waals surface area contributed by atoms with Crippen molar-refractivity contribution >= 4 is 5.91 Å². The monoisotopic (exact) mass is 322 g/mol. The van der Waals surface area contributed by atoms with Gasteiger partial charge < -0.3 is 10.1 Å². The first-order chi connectivity index (χ1) is 11.7. The molecule has 0 bridgehead atoms. The third kappa shape index (κ3) is 4.16. The summed E-state index contributed by atoms with van der Waals surface area (Å²) in [6.07, 6.45) is 3.14. The number of pyridine rings is 1. The molecule has 3 rings (SSSR count). The van der Waals surface area contributed by atoms with Crippen LogP contribution in [-0.4, -0.2) is 10.9 Å². The van der Waals surface area contributed by atoms with Crippen molar-refractivity contribution in [2.75, 3.05) is 0 Å². The zero-order valence-corrected chi connectivity index (χ0v) is 12.8. The molecule has 120 valence electrons. The van der Waals surface area contributed by atoms with Gasteiger partial charge in [-0.3, -0.25) is 9.78 Å². The first kappa shape index (κ1) is 15.7. The van der Waals surface area contributed by atoms with Crippen LogP contribution in [0, 0.1) is 5.82 Å². The van der Waals surface area contributed by atoms with Crippen LogP contribution in [-0.2, 0) is 6.54 Å². The second-order valence-electron chi connectivity index (χ2n) is 5.13. The van der Waals surface area contributed by atoms with Crippen LogP contribution in [0.25, 0.3) is 0 Å². The maximum atomic E-state index is 12.9. The fourth-order valence-electron chi connectivity index (χ4n) is 2.14. The molecule has 1 heterocycles. The maximum Gasteiger partial charge on any atom is 0.253 e. The number of carbonyl (C=O) groups excluding carboxylic acids is 1. The van der Waals surface area contributed by atoms with Gasteiger partial charge in [-0.2, -0.15) is 0 Å². The Balaban J connectivity index is 1.63. The SMILES string of the molecule is O=C(NCc1cccc(Oc2ccc(F)cc2)c1)c1cccnc1. The van der Waals surface area contributed by atoms with E-state index >= 15 is 0 Å². The van der Waals surface area contributed by atoms with Crippen molar-refractivity contribution in [2.24, 2.45) is 0 Å². The van der Waals surface area contributed by atoms with Crippen LogP contribution in [0.2, 0.25) is 0 Å². The molecule has 0 unspecified atom stereocenters. The van der Waals surface area contributed by atoms with E-state index < -0.39 is 0 Å². The average Bonchev–Trinajstić information content (AvgIpc) is 2.63. The Bertz CT molecular complexity index is 820. The Labute approximate surface area is 138 Å². The molecule has 1 N–H and O–H groups in total. The molecule has 0 saturated heterocycles. The summed E-state index contributed by atoms with van der Waals surface area (Å²) in [4.78, 5) is 15.9. The number of nitrogens with one attached hydrogen (secondary N) is 1. The van der Waals surface area contributed by atoms with E-state index in [9.17, 15) is 9.18 Å². The van der Waals surface area contributed by atoms with Gasteiger partial charge in [-0.05, 0) is 54.1 Å². The predicted octanol–water partition coefficient (Wildman–Crippen LogP) is 3.94. The molecule has 24 heavy (non-hydrogen) atoms. The molecule has 0 atom stereocenters. The molecule has 2 aromatic carbocycles. The van der Waals surface area contributed by atoms with Crippen LogP contribution in [0.5, 0.6) is 11.5 Å². The zero-order valence-electron chi connectivity index (χ0n) is 12.8. The molecule has 0 radical (unpaired) electrons. The standard InChI is InChI=1S/C19H15FN2O2/c20-16-6-8-17(9-7-16)24-18-5-1-3-14(11-18)12-22-19(23)15-4-2-10-21-13-15/h1-11,13H,12H2,(H,22,23). The van der Waals surface area contributed by atoms with E-state index in [0.717, 1.165) is 5.56 Å². The van der Waals surface area contributed by atoms with Crippen molar-refractivity contribution < 1.29 is 13.9 Å². The quantitative estimate of drug-likeness (QED) is 0.774. The van der Waals surface area contributed by atoms with Crippen LogP contribution in [0.3, 0.4) is 0 Å².